The van der Waals surface area contributed by atoms with Crippen LogP contribution in [0, 0.1) is 5.92 Å². The molecule has 0 aromatic heterocycles. The van der Waals surface area contributed by atoms with Crippen molar-refractivity contribution in [2.45, 2.75) is 19.3 Å². The molecule has 0 radical (unpaired) electrons. The number of nitrogens with one attached hydrogen (secondary N) is 3. The molecule has 5 N–H and O–H groups in total. The van der Waals surface area contributed by atoms with Gasteiger partial charge in [0.15, 0.2) is 0 Å². The van der Waals surface area contributed by atoms with Crippen LogP contribution in [0.5, 0.6) is 0 Å². The number of primary amides is 1. The Kier molecular flexibility index (Phi) is 5.17. The van der Waals surface area contributed by atoms with Gasteiger partial charge in [0.05, 0.1) is 0 Å². The lowest BCUT2D eigenvalue weighted by atomic mass is 9.89. The quantitative estimate of drug-likeness (QED) is 0.663. The highest BCUT2D eigenvalue weighted by Crippen LogP contribution is 2.27. The molecule has 7 nitrogen and oxygen atoms in total. The number of hydrogen-bond acceptors (Lipinski definition) is 3. The van der Waals surface area contributed by atoms with E-state index < -0.39 is 6.03 Å². The van der Waals surface area contributed by atoms with Crippen molar-refractivity contribution >= 4 is 34.9 Å². The van der Waals surface area contributed by atoms with Gasteiger partial charge in [-0.3, -0.25) is 9.59 Å². The summed E-state index contributed by atoms with van der Waals surface area (Å²) in [6, 6.07) is 13.7. The lowest BCUT2D eigenvalue weighted by molar-refractivity contribution is -0.121. The summed E-state index contributed by atoms with van der Waals surface area (Å²) in [6.07, 6.45) is 1.33. The van der Waals surface area contributed by atoms with Crippen molar-refractivity contribution in [1.82, 2.24) is 0 Å². The van der Waals surface area contributed by atoms with Crippen LogP contribution in [0.1, 0.15) is 18.4 Å². The van der Waals surface area contributed by atoms with E-state index in [4.69, 9.17) is 5.73 Å². The average Bonchev–Trinajstić information content (AvgIpc) is 2.59. The number of benzene rings is 2. The van der Waals surface area contributed by atoms with Crippen molar-refractivity contribution < 1.29 is 14.4 Å². The number of para-hydroxylation sites is 1. The minimum atomic E-state index is -0.669. The minimum absolute atomic E-state index is 0.0517. The first-order valence-corrected chi connectivity index (χ1v) is 8.36. The molecule has 0 fully saturated rings. The third-order valence-corrected chi connectivity index (χ3v) is 4.25. The predicted octanol–water partition coefficient (Wildman–Crippen LogP) is 2.71. The van der Waals surface area contributed by atoms with E-state index in [1.807, 2.05) is 24.3 Å². The van der Waals surface area contributed by atoms with Gasteiger partial charge in [0.2, 0.25) is 11.8 Å². The Morgan fingerprint density at radius 1 is 1.08 bits per heavy atom. The lowest BCUT2D eigenvalue weighted by Crippen LogP contribution is -2.30. The number of amides is 4. The summed E-state index contributed by atoms with van der Waals surface area (Å²) in [4.78, 5) is 35.3. The number of fused-ring (bicyclic) bond motifs is 1. The molecule has 0 spiro atoms. The van der Waals surface area contributed by atoms with Crippen molar-refractivity contribution in [1.29, 1.82) is 0 Å². The molecule has 26 heavy (non-hydrogen) atoms. The van der Waals surface area contributed by atoms with E-state index in [1.54, 1.807) is 24.3 Å². The summed E-state index contributed by atoms with van der Waals surface area (Å²) < 4.78 is 0. The van der Waals surface area contributed by atoms with Crippen molar-refractivity contribution in [3.63, 3.8) is 0 Å². The van der Waals surface area contributed by atoms with Gasteiger partial charge in [0.25, 0.3) is 0 Å². The largest absolute Gasteiger partial charge is 0.351 e. The summed E-state index contributed by atoms with van der Waals surface area (Å²) >= 11 is 0. The second kappa shape index (κ2) is 7.69. The van der Waals surface area contributed by atoms with Crippen LogP contribution in [0.25, 0.3) is 0 Å². The normalized spacial score (nSPS) is 15.5. The first-order chi connectivity index (χ1) is 12.5. The van der Waals surface area contributed by atoms with E-state index in [-0.39, 0.29) is 24.2 Å². The molecule has 0 saturated heterocycles. The highest BCUT2D eigenvalue weighted by Gasteiger charge is 2.26. The zero-order chi connectivity index (χ0) is 18.5. The third kappa shape index (κ3) is 4.38. The van der Waals surface area contributed by atoms with E-state index in [2.05, 4.69) is 16.0 Å². The van der Waals surface area contributed by atoms with E-state index >= 15 is 0 Å². The van der Waals surface area contributed by atoms with Gasteiger partial charge in [-0.2, -0.15) is 0 Å². The fraction of sp³-hybridized carbons (Fsp3) is 0.211. The second-order valence-electron chi connectivity index (χ2n) is 6.20. The van der Waals surface area contributed by atoms with E-state index in [9.17, 15) is 14.4 Å². The van der Waals surface area contributed by atoms with Crippen LogP contribution in [0.3, 0.4) is 0 Å². The van der Waals surface area contributed by atoms with Crippen LogP contribution in [0.2, 0.25) is 0 Å². The Hall–Kier alpha value is -3.35. The number of carbonyl (C=O) groups excluding carboxylic acids is 3. The van der Waals surface area contributed by atoms with Crippen LogP contribution >= 0.6 is 0 Å². The first-order valence-electron chi connectivity index (χ1n) is 8.36. The molecule has 2 aromatic rings. The molecule has 4 amide bonds. The molecule has 134 valence electrons. The van der Waals surface area contributed by atoms with Crippen molar-refractivity contribution in [2.24, 2.45) is 11.7 Å². The topological polar surface area (TPSA) is 113 Å². The first kappa shape index (κ1) is 17.5. The Balaban J connectivity index is 1.55. The number of hydrogen-bond donors (Lipinski definition) is 4. The molecule has 0 saturated carbocycles. The van der Waals surface area contributed by atoms with Crippen molar-refractivity contribution in [2.75, 3.05) is 16.0 Å². The van der Waals surface area contributed by atoms with Crippen molar-refractivity contribution in [3.05, 3.63) is 54.1 Å². The maximum absolute atomic E-state index is 12.2. The van der Waals surface area contributed by atoms with Crippen LogP contribution in [0.15, 0.2) is 48.5 Å². The summed E-state index contributed by atoms with van der Waals surface area (Å²) in [7, 11) is 0. The second-order valence-corrected chi connectivity index (χ2v) is 6.20. The fourth-order valence-electron chi connectivity index (χ4n) is 2.99. The fourth-order valence-corrected chi connectivity index (χ4v) is 2.99. The molecule has 1 atom stereocenters. The highest BCUT2D eigenvalue weighted by molar-refractivity contribution is 5.97. The van der Waals surface area contributed by atoms with Crippen LogP contribution < -0.4 is 21.7 Å². The summed E-state index contributed by atoms with van der Waals surface area (Å²) in [5.74, 6) is -0.462. The standard InChI is InChI=1S/C19H20N4O3/c20-19(26)22-15-6-3-5-14(11-15)21-17(24)9-8-13-10-12-4-1-2-7-16(12)23-18(13)25/h1-7,11,13H,8-10H2,(H,21,24)(H,23,25)(H3,20,22,26). The Morgan fingerprint density at radius 3 is 2.58 bits per heavy atom. The van der Waals surface area contributed by atoms with Gasteiger partial charge in [-0.1, -0.05) is 24.3 Å². The molecule has 3 rings (SSSR count). The van der Waals surface area contributed by atoms with Crippen LogP contribution in [-0.2, 0) is 16.0 Å². The van der Waals surface area contributed by atoms with Crippen LogP contribution in [-0.4, -0.2) is 17.8 Å². The number of carbonyl (C=O) groups is 3. The zero-order valence-electron chi connectivity index (χ0n) is 14.1. The monoisotopic (exact) mass is 352 g/mol. The Morgan fingerprint density at radius 2 is 1.81 bits per heavy atom. The van der Waals surface area contributed by atoms with Crippen molar-refractivity contribution in [3.8, 4) is 0 Å². The third-order valence-electron chi connectivity index (χ3n) is 4.25. The van der Waals surface area contributed by atoms with Gasteiger partial charge in [-0.15, -0.1) is 0 Å². The molecule has 1 heterocycles. The molecule has 0 bridgehead atoms. The molecule has 1 aliphatic rings. The molecule has 1 unspecified atom stereocenters. The average molecular weight is 352 g/mol. The van der Waals surface area contributed by atoms with Gasteiger partial charge in [-0.25, -0.2) is 4.79 Å². The minimum Gasteiger partial charge on any atom is -0.351 e. The van der Waals surface area contributed by atoms with Gasteiger partial charge in [-0.05, 0) is 42.7 Å². The molecular formula is C19H20N4O3. The summed E-state index contributed by atoms with van der Waals surface area (Å²) in [5.41, 5.74) is 8.06. The van der Waals surface area contributed by atoms with Gasteiger partial charge >= 0.3 is 6.03 Å². The molecule has 2 aromatic carbocycles. The molecule has 1 aliphatic heterocycles. The number of urea groups is 1. The smallest absolute Gasteiger partial charge is 0.316 e. The van der Waals surface area contributed by atoms with E-state index in [1.165, 1.54) is 0 Å². The number of anilines is 3. The summed E-state index contributed by atoms with van der Waals surface area (Å²) in [5, 5.41) is 8.10. The van der Waals surface area contributed by atoms with Crippen LogP contribution in [0.4, 0.5) is 21.9 Å². The molecule has 7 heteroatoms. The van der Waals surface area contributed by atoms with E-state index in [0.29, 0.717) is 24.2 Å². The van der Waals surface area contributed by atoms with Gasteiger partial charge in [0, 0.05) is 29.4 Å². The molecular weight excluding hydrogens is 332 g/mol. The predicted molar refractivity (Wildman–Crippen MR) is 99.8 cm³/mol. The van der Waals surface area contributed by atoms with E-state index in [0.717, 1.165) is 11.3 Å². The lowest BCUT2D eigenvalue weighted by Gasteiger charge is -2.24. The Labute approximate surface area is 151 Å². The number of nitrogens with two attached hydrogens (primary N) is 1. The maximum atomic E-state index is 12.2. The zero-order valence-corrected chi connectivity index (χ0v) is 14.1. The van der Waals surface area contributed by atoms with Gasteiger partial charge < -0.3 is 21.7 Å². The maximum Gasteiger partial charge on any atom is 0.316 e. The highest BCUT2D eigenvalue weighted by atomic mass is 16.2. The SMILES string of the molecule is NC(=O)Nc1cccc(NC(=O)CCC2Cc3ccccc3NC2=O)c1. The van der Waals surface area contributed by atoms with Gasteiger partial charge in [0.1, 0.15) is 0 Å². The Bertz CT molecular complexity index is 850. The number of rotatable bonds is 5. The molecule has 0 aliphatic carbocycles. The summed E-state index contributed by atoms with van der Waals surface area (Å²) in [6.45, 7) is 0.